The Bertz CT molecular complexity index is 979. The number of methoxy groups -OCH3 is 2. The SMILES string of the molecule is COc1cccc(C[NH+](C)CC(=O)Nc2ccccc2Sc2ccccc2)c1OC. The Morgan fingerprint density at radius 1 is 0.933 bits per heavy atom. The largest absolute Gasteiger partial charge is 0.493 e. The molecule has 0 aliphatic carbocycles. The van der Waals surface area contributed by atoms with Crippen LogP contribution in [0.4, 0.5) is 5.69 Å². The Labute approximate surface area is 182 Å². The van der Waals surface area contributed by atoms with Gasteiger partial charge in [0, 0.05) is 9.79 Å². The molecule has 3 aromatic rings. The van der Waals surface area contributed by atoms with Crippen LogP contribution in [0.1, 0.15) is 5.56 Å². The van der Waals surface area contributed by atoms with Crippen LogP contribution >= 0.6 is 11.8 Å². The highest BCUT2D eigenvalue weighted by atomic mass is 32.2. The molecule has 0 aliphatic heterocycles. The van der Waals surface area contributed by atoms with E-state index >= 15 is 0 Å². The molecule has 3 aromatic carbocycles. The second-order valence-electron chi connectivity index (χ2n) is 6.92. The molecule has 2 N–H and O–H groups in total. The van der Waals surface area contributed by atoms with Crippen LogP contribution in [-0.4, -0.2) is 33.7 Å². The number of likely N-dealkylation sites (N-methyl/N-ethyl adjacent to an activating group) is 1. The number of quaternary nitrogens is 1. The van der Waals surface area contributed by atoms with Crippen molar-refractivity contribution in [1.29, 1.82) is 0 Å². The Morgan fingerprint density at radius 2 is 1.67 bits per heavy atom. The fourth-order valence-corrected chi connectivity index (χ4v) is 4.15. The quantitative estimate of drug-likeness (QED) is 0.553. The Hall–Kier alpha value is -2.96. The molecule has 0 bridgehead atoms. The first-order chi connectivity index (χ1) is 14.6. The molecule has 0 aromatic heterocycles. The first-order valence-corrected chi connectivity index (χ1v) is 10.5. The van der Waals surface area contributed by atoms with E-state index in [9.17, 15) is 4.79 Å². The van der Waals surface area contributed by atoms with Crippen molar-refractivity contribution in [2.24, 2.45) is 0 Å². The average Bonchev–Trinajstić information content (AvgIpc) is 2.75. The number of rotatable bonds is 9. The van der Waals surface area contributed by atoms with Crippen molar-refractivity contribution in [2.45, 2.75) is 16.3 Å². The third-order valence-corrected chi connectivity index (χ3v) is 5.65. The summed E-state index contributed by atoms with van der Waals surface area (Å²) in [6.07, 6.45) is 0. The van der Waals surface area contributed by atoms with Crippen LogP contribution in [0.2, 0.25) is 0 Å². The number of ether oxygens (including phenoxy) is 2. The van der Waals surface area contributed by atoms with Crippen LogP contribution in [-0.2, 0) is 11.3 Å². The number of nitrogens with one attached hydrogen (secondary N) is 2. The van der Waals surface area contributed by atoms with Gasteiger partial charge in [0.15, 0.2) is 18.0 Å². The smallest absolute Gasteiger partial charge is 0.279 e. The Kier molecular flexibility index (Phi) is 7.76. The summed E-state index contributed by atoms with van der Waals surface area (Å²) >= 11 is 1.63. The van der Waals surface area contributed by atoms with Gasteiger partial charge >= 0.3 is 0 Å². The molecule has 0 saturated heterocycles. The van der Waals surface area contributed by atoms with Crippen LogP contribution in [0.3, 0.4) is 0 Å². The van der Waals surface area contributed by atoms with E-state index in [1.54, 1.807) is 26.0 Å². The summed E-state index contributed by atoms with van der Waals surface area (Å²) in [4.78, 5) is 15.9. The van der Waals surface area contributed by atoms with E-state index < -0.39 is 0 Å². The molecule has 1 unspecified atom stereocenters. The molecule has 1 amide bonds. The fraction of sp³-hybridized carbons (Fsp3) is 0.208. The summed E-state index contributed by atoms with van der Waals surface area (Å²) < 4.78 is 10.9. The fourth-order valence-electron chi connectivity index (χ4n) is 3.22. The molecule has 5 nitrogen and oxygen atoms in total. The highest BCUT2D eigenvalue weighted by Gasteiger charge is 2.17. The van der Waals surface area contributed by atoms with Gasteiger partial charge in [-0.1, -0.05) is 48.2 Å². The predicted molar refractivity (Wildman–Crippen MR) is 121 cm³/mol. The predicted octanol–water partition coefficient (Wildman–Crippen LogP) is 3.51. The van der Waals surface area contributed by atoms with Gasteiger partial charge in [0.1, 0.15) is 6.54 Å². The summed E-state index contributed by atoms with van der Waals surface area (Å²) in [5.41, 5.74) is 1.82. The molecule has 0 aliphatic rings. The second kappa shape index (κ2) is 10.7. The van der Waals surface area contributed by atoms with Gasteiger partial charge in [0.2, 0.25) is 0 Å². The molecule has 0 spiro atoms. The molecule has 0 heterocycles. The van der Waals surface area contributed by atoms with Crippen molar-refractivity contribution in [3.63, 3.8) is 0 Å². The zero-order valence-electron chi connectivity index (χ0n) is 17.5. The summed E-state index contributed by atoms with van der Waals surface area (Å²) in [6, 6.07) is 23.8. The maximum Gasteiger partial charge on any atom is 0.279 e. The minimum absolute atomic E-state index is 0.0320. The lowest BCUT2D eigenvalue weighted by molar-refractivity contribution is -0.885. The summed E-state index contributed by atoms with van der Waals surface area (Å²) in [5, 5.41) is 3.06. The van der Waals surface area contributed by atoms with E-state index in [4.69, 9.17) is 9.47 Å². The van der Waals surface area contributed by atoms with Gasteiger partial charge in [0.25, 0.3) is 5.91 Å². The van der Waals surface area contributed by atoms with E-state index in [0.717, 1.165) is 25.9 Å². The minimum Gasteiger partial charge on any atom is -0.493 e. The third-order valence-electron chi connectivity index (χ3n) is 4.57. The monoisotopic (exact) mass is 423 g/mol. The van der Waals surface area contributed by atoms with Crippen LogP contribution in [0.5, 0.6) is 11.5 Å². The average molecular weight is 424 g/mol. The van der Waals surface area contributed by atoms with E-state index in [0.29, 0.717) is 24.6 Å². The molecule has 6 heteroatoms. The maximum atomic E-state index is 12.7. The minimum atomic E-state index is -0.0320. The van der Waals surface area contributed by atoms with Gasteiger partial charge in [-0.2, -0.15) is 0 Å². The number of carbonyl (C=O) groups is 1. The molecule has 156 valence electrons. The molecule has 0 radical (unpaired) electrons. The van der Waals surface area contributed by atoms with Crippen molar-refractivity contribution in [3.8, 4) is 11.5 Å². The van der Waals surface area contributed by atoms with Gasteiger partial charge < -0.3 is 19.7 Å². The molecular weight excluding hydrogens is 396 g/mol. The zero-order valence-corrected chi connectivity index (χ0v) is 18.3. The highest BCUT2D eigenvalue weighted by Crippen LogP contribution is 2.33. The van der Waals surface area contributed by atoms with Crippen LogP contribution in [0.25, 0.3) is 0 Å². The lowest BCUT2D eigenvalue weighted by Crippen LogP contribution is -3.08. The molecule has 0 saturated carbocycles. The van der Waals surface area contributed by atoms with Crippen molar-refractivity contribution in [1.82, 2.24) is 0 Å². The van der Waals surface area contributed by atoms with Crippen LogP contribution in [0.15, 0.2) is 82.6 Å². The summed E-state index contributed by atoms with van der Waals surface area (Å²) in [6.45, 7) is 0.985. The first-order valence-electron chi connectivity index (χ1n) is 9.73. The molecular formula is C24H27N2O3S+. The van der Waals surface area contributed by atoms with E-state index in [1.807, 2.05) is 67.7 Å². The molecule has 0 fully saturated rings. The van der Waals surface area contributed by atoms with Gasteiger partial charge in [-0.15, -0.1) is 0 Å². The second-order valence-corrected chi connectivity index (χ2v) is 8.04. The number of hydrogen-bond donors (Lipinski definition) is 2. The number of hydrogen-bond acceptors (Lipinski definition) is 4. The summed E-state index contributed by atoms with van der Waals surface area (Å²) in [7, 11) is 5.24. The third kappa shape index (κ3) is 5.78. The Balaban J connectivity index is 1.64. The zero-order chi connectivity index (χ0) is 21.3. The van der Waals surface area contributed by atoms with Crippen molar-refractivity contribution in [3.05, 3.63) is 78.4 Å². The number of anilines is 1. The Morgan fingerprint density at radius 3 is 2.40 bits per heavy atom. The molecule has 30 heavy (non-hydrogen) atoms. The van der Waals surface area contributed by atoms with E-state index in [2.05, 4.69) is 17.4 Å². The normalized spacial score (nSPS) is 11.6. The highest BCUT2D eigenvalue weighted by molar-refractivity contribution is 7.99. The van der Waals surface area contributed by atoms with Gasteiger partial charge in [-0.3, -0.25) is 4.79 Å². The van der Waals surface area contributed by atoms with Crippen molar-refractivity contribution < 1.29 is 19.2 Å². The van der Waals surface area contributed by atoms with Crippen molar-refractivity contribution >= 4 is 23.4 Å². The van der Waals surface area contributed by atoms with Crippen molar-refractivity contribution in [2.75, 3.05) is 33.1 Å². The standard InChI is InChI=1S/C24H26N2O3S/c1-26(16-18-10-9-14-21(28-2)24(18)29-3)17-23(27)25-20-13-7-8-15-22(20)30-19-11-5-4-6-12-19/h4-15H,16-17H2,1-3H3,(H,25,27)/p+1. The van der Waals surface area contributed by atoms with Crippen LogP contribution in [0, 0.1) is 0 Å². The number of amides is 1. The lowest BCUT2D eigenvalue weighted by Gasteiger charge is -2.17. The van der Waals surface area contributed by atoms with Gasteiger partial charge in [0.05, 0.1) is 32.5 Å². The maximum absolute atomic E-state index is 12.7. The van der Waals surface area contributed by atoms with Gasteiger partial charge in [-0.25, -0.2) is 0 Å². The molecule has 1 atom stereocenters. The molecule has 3 rings (SSSR count). The van der Waals surface area contributed by atoms with Crippen LogP contribution < -0.4 is 19.7 Å². The van der Waals surface area contributed by atoms with E-state index in [-0.39, 0.29) is 5.91 Å². The summed E-state index contributed by atoms with van der Waals surface area (Å²) in [5.74, 6) is 1.37. The first kappa shape index (κ1) is 21.7. The van der Waals surface area contributed by atoms with E-state index in [1.165, 1.54) is 0 Å². The number of para-hydroxylation sites is 2. The topological polar surface area (TPSA) is 52.0 Å². The van der Waals surface area contributed by atoms with Gasteiger partial charge in [-0.05, 0) is 36.4 Å². The number of carbonyl (C=O) groups excluding carboxylic acids is 1. The lowest BCUT2D eigenvalue weighted by atomic mass is 10.1. The number of benzene rings is 3.